The molecule has 120 valence electrons. The molecule has 0 saturated carbocycles. The van der Waals surface area contributed by atoms with Crippen LogP contribution in [0, 0.1) is 0 Å². The molecule has 0 aliphatic heterocycles. The van der Waals surface area contributed by atoms with Gasteiger partial charge in [0.15, 0.2) is 0 Å². The molecule has 1 N–H and O–H groups in total. The van der Waals surface area contributed by atoms with Gasteiger partial charge < -0.3 is 17.7 Å². The highest BCUT2D eigenvalue weighted by Gasteiger charge is 2.07. The average Bonchev–Trinajstić information content (AvgIpc) is 3.05. The highest BCUT2D eigenvalue weighted by molar-refractivity contribution is 7.99. The zero-order valence-electron chi connectivity index (χ0n) is 12.3. The van der Waals surface area contributed by atoms with E-state index in [1.54, 1.807) is 22.6 Å². The van der Waals surface area contributed by atoms with Crippen LogP contribution in [0.15, 0.2) is 59.9 Å². The molecule has 0 atom stereocenters. The Morgan fingerprint density at radius 2 is 1.87 bits per heavy atom. The van der Waals surface area contributed by atoms with E-state index >= 15 is 0 Å². The minimum absolute atomic E-state index is 0. The van der Waals surface area contributed by atoms with Crippen LogP contribution in [0.2, 0.25) is 0 Å². The maximum Gasteiger partial charge on any atom is 0.214 e. The molecule has 0 aliphatic rings. The highest BCUT2D eigenvalue weighted by atomic mass is 35.5. The van der Waals surface area contributed by atoms with E-state index < -0.39 is 0 Å². The Morgan fingerprint density at radius 1 is 1.04 bits per heavy atom. The van der Waals surface area contributed by atoms with Crippen molar-refractivity contribution in [3.8, 4) is 5.69 Å². The van der Waals surface area contributed by atoms with Crippen LogP contribution in [0.25, 0.3) is 5.69 Å². The molecule has 0 fully saturated rings. The summed E-state index contributed by atoms with van der Waals surface area (Å²) >= 11 is 1.63. The SMILES string of the molecule is [Cl-].c1ccc(-n2nnnc2SCCNCc2ccccn2)cc1. The van der Waals surface area contributed by atoms with Gasteiger partial charge in [-0.25, -0.2) is 0 Å². The molecule has 0 saturated heterocycles. The maximum absolute atomic E-state index is 4.27. The van der Waals surface area contributed by atoms with Crippen LogP contribution in [0.1, 0.15) is 5.69 Å². The molecule has 0 spiro atoms. The van der Waals surface area contributed by atoms with Gasteiger partial charge in [-0.2, -0.15) is 4.68 Å². The third kappa shape index (κ3) is 5.02. The van der Waals surface area contributed by atoms with Crippen molar-refractivity contribution in [2.24, 2.45) is 0 Å². The second kappa shape index (κ2) is 9.24. The van der Waals surface area contributed by atoms with Crippen molar-refractivity contribution in [3.05, 3.63) is 60.4 Å². The van der Waals surface area contributed by atoms with Gasteiger partial charge in [0, 0.05) is 25.0 Å². The van der Waals surface area contributed by atoms with Gasteiger partial charge in [0.2, 0.25) is 5.16 Å². The van der Waals surface area contributed by atoms with Gasteiger partial charge in [-0.1, -0.05) is 36.0 Å². The van der Waals surface area contributed by atoms with E-state index in [4.69, 9.17) is 0 Å². The minimum Gasteiger partial charge on any atom is -1.00 e. The number of benzene rings is 1. The summed E-state index contributed by atoms with van der Waals surface area (Å²) in [7, 11) is 0. The van der Waals surface area contributed by atoms with E-state index in [2.05, 4.69) is 25.8 Å². The van der Waals surface area contributed by atoms with Crippen molar-refractivity contribution in [3.63, 3.8) is 0 Å². The van der Waals surface area contributed by atoms with E-state index in [0.717, 1.165) is 35.4 Å². The Bertz CT molecular complexity index is 691. The van der Waals surface area contributed by atoms with Gasteiger partial charge in [0.25, 0.3) is 0 Å². The van der Waals surface area contributed by atoms with Crippen LogP contribution in [0.5, 0.6) is 0 Å². The summed E-state index contributed by atoms with van der Waals surface area (Å²) in [5, 5.41) is 16.0. The first-order chi connectivity index (χ1) is 10.9. The van der Waals surface area contributed by atoms with Crippen molar-refractivity contribution in [2.75, 3.05) is 12.3 Å². The molecule has 3 aromatic rings. The predicted molar refractivity (Wildman–Crippen MR) is 85.8 cm³/mol. The third-order valence-electron chi connectivity index (χ3n) is 2.98. The highest BCUT2D eigenvalue weighted by Crippen LogP contribution is 2.17. The molecule has 1 aromatic carbocycles. The monoisotopic (exact) mass is 347 g/mol. The van der Waals surface area contributed by atoms with E-state index in [1.165, 1.54) is 0 Å². The van der Waals surface area contributed by atoms with Crippen LogP contribution in [-0.2, 0) is 6.54 Å². The molecule has 6 nitrogen and oxygen atoms in total. The Labute approximate surface area is 145 Å². The molecule has 2 aromatic heterocycles. The Balaban J connectivity index is 0.00000192. The van der Waals surface area contributed by atoms with Crippen LogP contribution in [0.3, 0.4) is 0 Å². The molecule has 0 amide bonds. The fourth-order valence-electron chi connectivity index (χ4n) is 1.93. The van der Waals surface area contributed by atoms with Gasteiger partial charge in [-0.15, -0.1) is 5.10 Å². The lowest BCUT2D eigenvalue weighted by Gasteiger charge is -2.05. The fourth-order valence-corrected chi connectivity index (χ4v) is 2.72. The van der Waals surface area contributed by atoms with Gasteiger partial charge in [-0.3, -0.25) is 4.98 Å². The van der Waals surface area contributed by atoms with E-state index in [9.17, 15) is 0 Å². The molecule has 23 heavy (non-hydrogen) atoms. The van der Waals surface area contributed by atoms with Crippen LogP contribution in [-0.4, -0.2) is 37.5 Å². The molecular weight excluding hydrogens is 332 g/mol. The Morgan fingerprint density at radius 3 is 2.65 bits per heavy atom. The second-order valence-electron chi connectivity index (χ2n) is 4.56. The zero-order valence-corrected chi connectivity index (χ0v) is 13.9. The lowest BCUT2D eigenvalue weighted by atomic mass is 10.3. The van der Waals surface area contributed by atoms with Crippen molar-refractivity contribution < 1.29 is 12.4 Å². The number of hydrogen-bond acceptors (Lipinski definition) is 6. The number of para-hydroxylation sites is 1. The number of thioether (sulfide) groups is 1. The smallest absolute Gasteiger partial charge is 0.214 e. The van der Waals surface area contributed by atoms with Crippen LogP contribution >= 0.6 is 11.8 Å². The largest absolute Gasteiger partial charge is 1.00 e. The summed E-state index contributed by atoms with van der Waals surface area (Å²) in [6.45, 7) is 1.63. The molecule has 3 rings (SSSR count). The predicted octanol–water partition coefficient (Wildman–Crippen LogP) is -1.06. The number of hydrogen-bond donors (Lipinski definition) is 1. The minimum atomic E-state index is 0. The van der Waals surface area contributed by atoms with Crippen LogP contribution in [0.4, 0.5) is 0 Å². The van der Waals surface area contributed by atoms with Gasteiger partial charge in [0.1, 0.15) is 0 Å². The molecule has 0 unspecified atom stereocenters. The zero-order chi connectivity index (χ0) is 15.0. The number of pyridine rings is 1. The topological polar surface area (TPSA) is 68.5 Å². The van der Waals surface area contributed by atoms with E-state index in [1.807, 2.05) is 48.5 Å². The summed E-state index contributed by atoms with van der Waals surface area (Å²) in [5.41, 5.74) is 2.01. The molecule has 2 heterocycles. The van der Waals surface area contributed by atoms with Crippen molar-refractivity contribution in [1.29, 1.82) is 0 Å². The lowest BCUT2D eigenvalue weighted by molar-refractivity contribution is -0.00000464. The van der Waals surface area contributed by atoms with E-state index in [0.29, 0.717) is 0 Å². The second-order valence-corrected chi connectivity index (χ2v) is 5.62. The molecule has 8 heteroatoms. The quantitative estimate of drug-likeness (QED) is 0.434. The van der Waals surface area contributed by atoms with Crippen molar-refractivity contribution in [2.45, 2.75) is 11.7 Å². The number of halogens is 1. The van der Waals surface area contributed by atoms with Gasteiger partial charge >= 0.3 is 0 Å². The Kier molecular flexibility index (Phi) is 6.99. The molecule has 0 radical (unpaired) electrons. The summed E-state index contributed by atoms with van der Waals surface area (Å²) in [6, 6.07) is 15.8. The molecule has 0 bridgehead atoms. The first kappa shape index (κ1) is 17.4. The Hall–Kier alpha value is -1.96. The summed E-state index contributed by atoms with van der Waals surface area (Å²) < 4.78 is 1.75. The summed E-state index contributed by atoms with van der Waals surface area (Å²) in [4.78, 5) is 4.27. The van der Waals surface area contributed by atoms with Crippen molar-refractivity contribution in [1.82, 2.24) is 30.5 Å². The average molecular weight is 348 g/mol. The number of nitrogens with zero attached hydrogens (tertiary/aromatic N) is 5. The van der Waals surface area contributed by atoms with Gasteiger partial charge in [0.05, 0.1) is 11.4 Å². The lowest BCUT2D eigenvalue weighted by Crippen LogP contribution is -3.00. The number of nitrogens with one attached hydrogen (secondary N) is 1. The first-order valence-electron chi connectivity index (χ1n) is 7.01. The number of aromatic nitrogens is 5. The van der Waals surface area contributed by atoms with E-state index in [-0.39, 0.29) is 12.4 Å². The fraction of sp³-hybridized carbons (Fsp3) is 0.200. The maximum atomic E-state index is 4.27. The molecular formula is C15H16ClN6S-. The first-order valence-corrected chi connectivity index (χ1v) is 7.99. The van der Waals surface area contributed by atoms with Gasteiger partial charge in [-0.05, 0) is 34.7 Å². The van der Waals surface area contributed by atoms with Crippen molar-refractivity contribution >= 4 is 11.8 Å². The summed E-state index contributed by atoms with van der Waals surface area (Å²) in [5.74, 6) is 0.889. The standard InChI is InChI=1S/C15H16N6S.ClH/c1-2-7-14(8-3-1)21-15(18-19-20-21)22-11-10-16-12-13-6-4-5-9-17-13;/h1-9,16H,10-12H2;1H/p-1. The number of rotatable bonds is 7. The molecule has 0 aliphatic carbocycles. The third-order valence-corrected chi connectivity index (χ3v) is 3.90. The normalized spacial score (nSPS) is 10.3. The number of tetrazole rings is 1. The van der Waals surface area contributed by atoms with Crippen LogP contribution < -0.4 is 17.7 Å². The summed E-state index contributed by atoms with van der Waals surface area (Å²) in [6.07, 6.45) is 1.81.